The van der Waals surface area contributed by atoms with E-state index in [-0.39, 0.29) is 88.4 Å². The van der Waals surface area contributed by atoms with Crippen molar-refractivity contribution in [3.8, 4) is 0 Å². The molecule has 0 bridgehead atoms. The van der Waals surface area contributed by atoms with Gasteiger partial charge in [0.2, 0.25) is 0 Å². The van der Waals surface area contributed by atoms with Gasteiger partial charge in [-0.25, -0.2) is 0 Å². The second-order valence-electron chi connectivity index (χ2n) is 0. The summed E-state index contributed by atoms with van der Waals surface area (Å²) in [6, 6.07) is 0. The van der Waals surface area contributed by atoms with Gasteiger partial charge in [-0.1, -0.05) is 14.9 Å². The van der Waals surface area contributed by atoms with Crippen LogP contribution in [0.5, 0.6) is 0 Å². The molecule has 0 aliphatic carbocycles. The molecule has 0 amide bonds. The van der Waals surface area contributed by atoms with Crippen LogP contribution in [0.15, 0.2) is 0 Å². The van der Waals surface area contributed by atoms with Crippen molar-refractivity contribution in [2.75, 3.05) is 0 Å². The molecule has 0 aromatic heterocycles. The first-order valence-electron chi connectivity index (χ1n) is 0. The minimum Gasteiger partial charge on any atom is -0.0776 e. The molecule has 0 aliphatic heterocycles. The Balaban J connectivity index is 0. The first-order valence-corrected chi connectivity index (χ1v) is 0. The SMILES string of the molecule is C.C.[Ag+].[Cu+2].[Cu+2].[Cu+]. The first-order chi connectivity index (χ1) is 0. The zero-order valence-electron chi connectivity index (χ0n) is 1.21. The number of hydrogen-bond donors (Lipinski definition) is 0. The standard InChI is InChI=1S/2CH4.Ag.3Cu/h2*1H4;;;;/q;;2*+1;2*+2. The van der Waals surface area contributed by atoms with Gasteiger partial charge in [0.05, 0.1) is 0 Å². The van der Waals surface area contributed by atoms with Gasteiger partial charge in [-0.2, -0.15) is 0 Å². The fourth-order valence-electron chi connectivity index (χ4n) is 0. The van der Waals surface area contributed by atoms with Crippen molar-refractivity contribution < 1.29 is 73.6 Å². The molecule has 0 rings (SSSR count). The van der Waals surface area contributed by atoms with Gasteiger partial charge in [0.25, 0.3) is 0 Å². The van der Waals surface area contributed by atoms with Crippen LogP contribution in [-0.4, -0.2) is 0 Å². The topological polar surface area (TPSA) is 0 Å². The van der Waals surface area contributed by atoms with Crippen molar-refractivity contribution >= 4 is 0 Å². The molecule has 0 aromatic carbocycles. The first kappa shape index (κ1) is 83.7. The summed E-state index contributed by atoms with van der Waals surface area (Å²) in [5.74, 6) is 0. The minimum atomic E-state index is 0. The predicted octanol–water partition coefficient (Wildman–Crippen LogP) is 1.26. The number of hydrogen-bond acceptors (Lipinski definition) is 0. The van der Waals surface area contributed by atoms with Crippen LogP contribution in [0.25, 0.3) is 0 Å². The van der Waals surface area contributed by atoms with E-state index in [1.165, 1.54) is 0 Å². The summed E-state index contributed by atoms with van der Waals surface area (Å²) in [5.41, 5.74) is 0. The van der Waals surface area contributed by atoms with Gasteiger partial charge in [0.15, 0.2) is 0 Å². The Bertz CT molecular complexity index is 8.75. The van der Waals surface area contributed by atoms with E-state index in [0.29, 0.717) is 0 Å². The van der Waals surface area contributed by atoms with Crippen LogP contribution < -0.4 is 0 Å². The molecule has 6 heavy (non-hydrogen) atoms. The Morgan fingerprint density at radius 1 is 0.667 bits per heavy atom. The van der Waals surface area contributed by atoms with E-state index in [0.717, 1.165) is 0 Å². The molecule has 0 fully saturated rings. The molecule has 0 unspecified atom stereocenters. The quantitative estimate of drug-likeness (QED) is 0.587. The minimum absolute atomic E-state index is 0. The summed E-state index contributed by atoms with van der Waals surface area (Å²) < 4.78 is 0. The van der Waals surface area contributed by atoms with Crippen molar-refractivity contribution in [2.45, 2.75) is 14.9 Å². The molecule has 0 spiro atoms. The Morgan fingerprint density at radius 3 is 0.667 bits per heavy atom. The second-order valence-corrected chi connectivity index (χ2v) is 0. The summed E-state index contributed by atoms with van der Waals surface area (Å²) in [7, 11) is 0. The maximum absolute atomic E-state index is 0. The summed E-state index contributed by atoms with van der Waals surface area (Å²) in [5, 5.41) is 0. The van der Waals surface area contributed by atoms with E-state index < -0.39 is 0 Å². The van der Waals surface area contributed by atoms with Crippen LogP contribution in [0, 0.1) is 0 Å². The Hall–Kier alpha value is 2.30. The van der Waals surface area contributed by atoms with Crippen LogP contribution in [0.1, 0.15) is 14.9 Å². The molecular weight excluding hydrogens is 323 g/mol. The Kier molecular flexibility index (Phi) is 764. The largest absolute Gasteiger partial charge is 2.00 e. The molecular formula is C2H8AgCu3+6. The molecule has 0 aromatic rings. The maximum Gasteiger partial charge on any atom is 2.00 e. The van der Waals surface area contributed by atoms with Gasteiger partial charge in [0.1, 0.15) is 0 Å². The zero-order valence-corrected chi connectivity index (χ0v) is 5.51. The van der Waals surface area contributed by atoms with E-state index in [1.807, 2.05) is 0 Å². The van der Waals surface area contributed by atoms with E-state index in [2.05, 4.69) is 0 Å². The van der Waals surface area contributed by atoms with E-state index in [9.17, 15) is 0 Å². The smallest absolute Gasteiger partial charge is 0.0776 e. The van der Waals surface area contributed by atoms with Gasteiger partial charge >= 0.3 is 73.6 Å². The van der Waals surface area contributed by atoms with Crippen LogP contribution in [0.3, 0.4) is 0 Å². The van der Waals surface area contributed by atoms with E-state index in [4.69, 9.17) is 0 Å². The monoisotopic (exact) mass is 328 g/mol. The Labute approximate surface area is 87.5 Å². The molecule has 0 saturated carbocycles. The fourth-order valence-corrected chi connectivity index (χ4v) is 0. The van der Waals surface area contributed by atoms with Crippen LogP contribution in [0.2, 0.25) is 0 Å². The molecule has 0 nitrogen and oxygen atoms in total. The summed E-state index contributed by atoms with van der Waals surface area (Å²) >= 11 is 0. The van der Waals surface area contributed by atoms with Crippen molar-refractivity contribution in [3.63, 3.8) is 0 Å². The molecule has 0 atom stereocenters. The fraction of sp³-hybridized carbons (Fsp3) is 1.00. The average molecular weight is 331 g/mol. The summed E-state index contributed by atoms with van der Waals surface area (Å²) in [6.07, 6.45) is 0. The molecule has 54 valence electrons. The van der Waals surface area contributed by atoms with Gasteiger partial charge in [0, 0.05) is 0 Å². The predicted molar refractivity (Wildman–Crippen MR) is 13.5 cm³/mol. The van der Waals surface area contributed by atoms with Gasteiger partial charge < -0.3 is 0 Å². The maximum atomic E-state index is 0. The third-order valence-corrected chi connectivity index (χ3v) is 0. The van der Waals surface area contributed by atoms with Gasteiger partial charge in [-0.3, -0.25) is 0 Å². The van der Waals surface area contributed by atoms with Crippen LogP contribution >= 0.6 is 0 Å². The summed E-state index contributed by atoms with van der Waals surface area (Å²) in [4.78, 5) is 0. The molecule has 0 heterocycles. The van der Waals surface area contributed by atoms with Crippen molar-refractivity contribution in [1.29, 1.82) is 0 Å². The van der Waals surface area contributed by atoms with Crippen LogP contribution in [0.4, 0.5) is 0 Å². The Morgan fingerprint density at radius 2 is 0.667 bits per heavy atom. The molecule has 2 radical (unpaired) electrons. The van der Waals surface area contributed by atoms with Crippen molar-refractivity contribution in [1.82, 2.24) is 0 Å². The normalized spacial score (nSPS) is 0. The molecule has 0 N–H and O–H groups in total. The van der Waals surface area contributed by atoms with Crippen molar-refractivity contribution in [3.05, 3.63) is 0 Å². The molecule has 0 saturated heterocycles. The summed E-state index contributed by atoms with van der Waals surface area (Å²) in [6.45, 7) is 0. The number of rotatable bonds is 0. The third-order valence-electron chi connectivity index (χ3n) is 0. The second kappa shape index (κ2) is 54.8. The van der Waals surface area contributed by atoms with Crippen molar-refractivity contribution in [2.24, 2.45) is 0 Å². The van der Waals surface area contributed by atoms with E-state index >= 15 is 0 Å². The van der Waals surface area contributed by atoms with Crippen LogP contribution in [-0.2, 0) is 73.6 Å². The van der Waals surface area contributed by atoms with E-state index in [1.54, 1.807) is 0 Å². The van der Waals surface area contributed by atoms with Gasteiger partial charge in [-0.05, 0) is 0 Å². The molecule has 4 heteroatoms. The third kappa shape index (κ3) is 33.5. The molecule has 0 aliphatic rings. The zero-order chi connectivity index (χ0) is 0. The average Bonchev–Trinajstić information content (AvgIpc) is 0. The van der Waals surface area contributed by atoms with Gasteiger partial charge in [-0.15, -0.1) is 0 Å².